The van der Waals surface area contributed by atoms with Gasteiger partial charge < -0.3 is 10.1 Å². The standard InChI is InChI=1S/C19H21ClN2O4S/c20-17-5-1-2-6-18(17)26-14-11-19(23)21-15-7-9-16(10-8-15)27(24,25)22-12-3-4-13-22/h1-2,5-10H,3-4,11-14H2,(H,21,23). The van der Waals surface area contributed by atoms with Crippen molar-refractivity contribution >= 4 is 33.2 Å². The lowest BCUT2D eigenvalue weighted by atomic mass is 10.3. The second kappa shape index (κ2) is 8.73. The van der Waals surface area contributed by atoms with Crippen LogP contribution in [-0.2, 0) is 14.8 Å². The van der Waals surface area contributed by atoms with Gasteiger partial charge in [0.15, 0.2) is 0 Å². The number of para-hydroxylation sites is 1. The first kappa shape index (κ1) is 19.7. The molecule has 0 saturated carbocycles. The summed E-state index contributed by atoms with van der Waals surface area (Å²) in [5.41, 5.74) is 0.540. The first-order valence-corrected chi connectivity index (χ1v) is 10.6. The van der Waals surface area contributed by atoms with Crippen LogP contribution in [0.1, 0.15) is 19.3 Å². The lowest BCUT2D eigenvalue weighted by Crippen LogP contribution is -2.27. The molecule has 0 unspecified atom stereocenters. The van der Waals surface area contributed by atoms with Crippen LogP contribution in [0.4, 0.5) is 5.69 Å². The molecule has 8 heteroatoms. The zero-order chi connectivity index (χ0) is 19.3. The molecule has 1 fully saturated rings. The van der Waals surface area contributed by atoms with Crippen LogP contribution in [0, 0.1) is 0 Å². The number of ether oxygens (including phenoxy) is 1. The first-order chi connectivity index (χ1) is 13.0. The van der Waals surface area contributed by atoms with Gasteiger partial charge in [0, 0.05) is 18.8 Å². The number of halogens is 1. The fourth-order valence-electron chi connectivity index (χ4n) is 2.83. The molecule has 27 heavy (non-hydrogen) atoms. The lowest BCUT2D eigenvalue weighted by molar-refractivity contribution is -0.116. The average Bonchev–Trinajstić information content (AvgIpc) is 3.19. The highest BCUT2D eigenvalue weighted by atomic mass is 35.5. The van der Waals surface area contributed by atoms with Crippen molar-refractivity contribution in [2.45, 2.75) is 24.2 Å². The molecule has 144 valence electrons. The summed E-state index contributed by atoms with van der Waals surface area (Å²) in [6.07, 6.45) is 1.94. The number of rotatable bonds is 7. The predicted octanol–water partition coefficient (Wildman–Crippen LogP) is 3.53. The van der Waals surface area contributed by atoms with E-state index in [1.165, 1.54) is 16.4 Å². The van der Waals surface area contributed by atoms with Crippen LogP contribution < -0.4 is 10.1 Å². The molecule has 1 N–H and O–H groups in total. The molecule has 3 rings (SSSR count). The molecule has 1 aliphatic heterocycles. The Balaban J connectivity index is 1.52. The molecule has 1 amide bonds. The summed E-state index contributed by atoms with van der Waals surface area (Å²) < 4.78 is 31.9. The SMILES string of the molecule is O=C(CCOc1ccccc1Cl)Nc1ccc(S(=O)(=O)N2CCCC2)cc1. The summed E-state index contributed by atoms with van der Waals surface area (Å²) in [6.45, 7) is 1.31. The highest BCUT2D eigenvalue weighted by Crippen LogP contribution is 2.24. The number of benzene rings is 2. The largest absolute Gasteiger partial charge is 0.491 e. The second-order valence-electron chi connectivity index (χ2n) is 6.21. The van der Waals surface area contributed by atoms with E-state index in [1.54, 1.807) is 36.4 Å². The van der Waals surface area contributed by atoms with Crippen molar-refractivity contribution in [3.05, 3.63) is 53.6 Å². The van der Waals surface area contributed by atoms with Gasteiger partial charge in [-0.05, 0) is 49.2 Å². The van der Waals surface area contributed by atoms with E-state index in [0.29, 0.717) is 29.5 Å². The minimum absolute atomic E-state index is 0.152. The molecule has 2 aromatic carbocycles. The number of hydrogen-bond donors (Lipinski definition) is 1. The summed E-state index contributed by atoms with van der Waals surface area (Å²) in [5, 5.41) is 3.22. The van der Waals surface area contributed by atoms with Crippen molar-refractivity contribution in [1.29, 1.82) is 0 Å². The van der Waals surface area contributed by atoms with Crippen LogP contribution >= 0.6 is 11.6 Å². The Bertz CT molecular complexity index is 894. The number of hydrogen-bond acceptors (Lipinski definition) is 4. The third-order valence-electron chi connectivity index (χ3n) is 4.26. The van der Waals surface area contributed by atoms with Gasteiger partial charge in [-0.15, -0.1) is 0 Å². The van der Waals surface area contributed by atoms with Gasteiger partial charge in [-0.1, -0.05) is 23.7 Å². The molecule has 0 aromatic heterocycles. The van der Waals surface area contributed by atoms with Gasteiger partial charge in [-0.2, -0.15) is 4.31 Å². The van der Waals surface area contributed by atoms with E-state index in [0.717, 1.165) is 12.8 Å². The van der Waals surface area contributed by atoms with Crippen LogP contribution in [0.5, 0.6) is 5.75 Å². The van der Waals surface area contributed by atoms with Gasteiger partial charge in [-0.3, -0.25) is 4.79 Å². The second-order valence-corrected chi connectivity index (χ2v) is 8.56. The number of carbonyl (C=O) groups excluding carboxylic acids is 1. The van der Waals surface area contributed by atoms with Crippen molar-refractivity contribution in [3.8, 4) is 5.75 Å². The number of anilines is 1. The van der Waals surface area contributed by atoms with Crippen LogP contribution in [0.15, 0.2) is 53.4 Å². The minimum atomic E-state index is -3.44. The minimum Gasteiger partial charge on any atom is -0.491 e. The Morgan fingerprint density at radius 2 is 1.74 bits per heavy atom. The molecule has 1 heterocycles. The molecule has 1 aliphatic rings. The van der Waals surface area contributed by atoms with Crippen molar-refractivity contribution in [2.75, 3.05) is 25.0 Å². The summed E-state index contributed by atoms with van der Waals surface area (Å²) in [7, 11) is -3.44. The third-order valence-corrected chi connectivity index (χ3v) is 6.49. The zero-order valence-corrected chi connectivity index (χ0v) is 16.3. The molecule has 0 aliphatic carbocycles. The maximum absolute atomic E-state index is 12.5. The number of sulfonamides is 1. The molecule has 0 bridgehead atoms. The lowest BCUT2D eigenvalue weighted by Gasteiger charge is -2.15. The first-order valence-electron chi connectivity index (χ1n) is 8.74. The quantitative estimate of drug-likeness (QED) is 0.760. The Labute approximate surface area is 164 Å². The van der Waals surface area contributed by atoms with Gasteiger partial charge in [0.05, 0.1) is 22.9 Å². The number of amides is 1. The summed E-state index contributed by atoms with van der Waals surface area (Å²) in [4.78, 5) is 12.3. The smallest absolute Gasteiger partial charge is 0.243 e. The van der Waals surface area contributed by atoms with Crippen molar-refractivity contribution in [3.63, 3.8) is 0 Å². The summed E-state index contributed by atoms with van der Waals surface area (Å²) in [5.74, 6) is 0.306. The zero-order valence-electron chi connectivity index (χ0n) is 14.7. The maximum Gasteiger partial charge on any atom is 0.243 e. The van der Waals surface area contributed by atoms with E-state index in [9.17, 15) is 13.2 Å². The molecule has 6 nitrogen and oxygen atoms in total. The normalized spacial score (nSPS) is 14.9. The Kier molecular flexibility index (Phi) is 6.36. The van der Waals surface area contributed by atoms with E-state index in [1.807, 2.05) is 0 Å². The van der Waals surface area contributed by atoms with Gasteiger partial charge in [-0.25, -0.2) is 8.42 Å². The topological polar surface area (TPSA) is 75.7 Å². The molecule has 0 atom stereocenters. The van der Waals surface area contributed by atoms with E-state index in [4.69, 9.17) is 16.3 Å². The summed E-state index contributed by atoms with van der Waals surface area (Å²) >= 11 is 5.99. The van der Waals surface area contributed by atoms with Crippen LogP contribution in [0.25, 0.3) is 0 Å². The molecule has 1 saturated heterocycles. The molecule has 0 radical (unpaired) electrons. The van der Waals surface area contributed by atoms with E-state index in [-0.39, 0.29) is 23.8 Å². The van der Waals surface area contributed by atoms with Gasteiger partial charge in [0.25, 0.3) is 0 Å². The van der Waals surface area contributed by atoms with Crippen LogP contribution in [0.3, 0.4) is 0 Å². The molecular weight excluding hydrogens is 388 g/mol. The Hall–Kier alpha value is -2.09. The van der Waals surface area contributed by atoms with E-state index >= 15 is 0 Å². The fourth-order valence-corrected chi connectivity index (χ4v) is 4.53. The molecule has 2 aromatic rings. The van der Waals surface area contributed by atoms with Gasteiger partial charge in [0.2, 0.25) is 15.9 Å². The van der Waals surface area contributed by atoms with Gasteiger partial charge >= 0.3 is 0 Å². The van der Waals surface area contributed by atoms with Crippen LogP contribution in [-0.4, -0.2) is 38.3 Å². The summed E-state index contributed by atoms with van der Waals surface area (Å²) in [6, 6.07) is 13.3. The highest BCUT2D eigenvalue weighted by Gasteiger charge is 2.26. The Morgan fingerprint density at radius 1 is 1.07 bits per heavy atom. The van der Waals surface area contributed by atoms with Crippen LogP contribution in [0.2, 0.25) is 5.02 Å². The number of nitrogens with zero attached hydrogens (tertiary/aromatic N) is 1. The fraction of sp³-hybridized carbons (Fsp3) is 0.316. The van der Waals surface area contributed by atoms with E-state index < -0.39 is 10.0 Å². The van der Waals surface area contributed by atoms with Crippen molar-refractivity contribution in [1.82, 2.24) is 4.31 Å². The predicted molar refractivity (Wildman–Crippen MR) is 105 cm³/mol. The van der Waals surface area contributed by atoms with Crippen molar-refractivity contribution < 1.29 is 17.9 Å². The monoisotopic (exact) mass is 408 g/mol. The number of carbonyl (C=O) groups is 1. The van der Waals surface area contributed by atoms with Crippen molar-refractivity contribution in [2.24, 2.45) is 0 Å². The highest BCUT2D eigenvalue weighted by molar-refractivity contribution is 7.89. The van der Waals surface area contributed by atoms with Gasteiger partial charge in [0.1, 0.15) is 5.75 Å². The third kappa shape index (κ3) is 5.00. The average molecular weight is 409 g/mol. The molecule has 0 spiro atoms. The van der Waals surface area contributed by atoms with E-state index in [2.05, 4.69) is 5.32 Å². The number of nitrogens with one attached hydrogen (secondary N) is 1. The maximum atomic E-state index is 12.5. The Morgan fingerprint density at radius 3 is 2.41 bits per heavy atom. The molecular formula is C19H21ClN2O4S.